The average Bonchev–Trinajstić information content (AvgIpc) is 2.51. The number of carboxylic acid groups (broad SMARTS) is 1. The molecule has 1 amide bonds. The SMILES string of the molecule is CC(C)(C#CC[C@H](NC(=O)OC(C)(C)C)C(=O)O)NCc1ccccc1. The van der Waals surface area contributed by atoms with Gasteiger partial charge >= 0.3 is 12.1 Å². The fourth-order valence-corrected chi connectivity index (χ4v) is 1.99. The Morgan fingerprint density at radius 1 is 1.15 bits per heavy atom. The molecule has 0 bridgehead atoms. The number of ether oxygens (including phenoxy) is 1. The molecule has 1 aromatic carbocycles. The Morgan fingerprint density at radius 3 is 2.31 bits per heavy atom. The van der Waals surface area contributed by atoms with Gasteiger partial charge in [-0.1, -0.05) is 42.2 Å². The van der Waals surface area contributed by atoms with Crippen LogP contribution in [-0.4, -0.2) is 34.4 Å². The minimum absolute atomic E-state index is 0.00891. The van der Waals surface area contributed by atoms with Crippen molar-refractivity contribution in [3.05, 3.63) is 35.9 Å². The van der Waals surface area contributed by atoms with Gasteiger partial charge in [-0.3, -0.25) is 5.32 Å². The van der Waals surface area contributed by atoms with Crippen LogP contribution >= 0.6 is 0 Å². The second-order valence-corrected chi connectivity index (χ2v) is 7.51. The van der Waals surface area contributed by atoms with Crippen LogP contribution in [0.25, 0.3) is 0 Å². The van der Waals surface area contributed by atoms with E-state index in [1.807, 2.05) is 44.2 Å². The van der Waals surface area contributed by atoms with Crippen molar-refractivity contribution >= 4 is 12.1 Å². The summed E-state index contributed by atoms with van der Waals surface area (Å²) in [6.45, 7) is 9.62. The molecule has 0 fully saturated rings. The van der Waals surface area contributed by atoms with Crippen LogP contribution in [-0.2, 0) is 16.1 Å². The molecule has 0 aliphatic rings. The third kappa shape index (κ3) is 9.09. The first-order chi connectivity index (χ1) is 12.0. The lowest BCUT2D eigenvalue weighted by Crippen LogP contribution is -2.43. The van der Waals surface area contributed by atoms with Crippen molar-refractivity contribution in [3.8, 4) is 11.8 Å². The molecule has 0 spiro atoms. The second kappa shape index (κ2) is 9.25. The zero-order chi connectivity index (χ0) is 19.8. The maximum Gasteiger partial charge on any atom is 0.408 e. The van der Waals surface area contributed by atoms with E-state index in [1.54, 1.807) is 20.8 Å². The predicted octanol–water partition coefficient (Wildman–Crippen LogP) is 2.93. The van der Waals surface area contributed by atoms with Crippen LogP contribution in [0.1, 0.15) is 46.6 Å². The Morgan fingerprint density at radius 2 is 1.77 bits per heavy atom. The lowest BCUT2D eigenvalue weighted by molar-refractivity contribution is -0.139. The van der Waals surface area contributed by atoms with Crippen molar-refractivity contribution in [1.82, 2.24) is 10.6 Å². The number of amides is 1. The molecule has 3 N–H and O–H groups in total. The van der Waals surface area contributed by atoms with Gasteiger partial charge in [0.25, 0.3) is 0 Å². The molecule has 0 aliphatic carbocycles. The fourth-order valence-electron chi connectivity index (χ4n) is 1.99. The molecule has 0 radical (unpaired) electrons. The molecule has 1 atom stereocenters. The van der Waals surface area contributed by atoms with Crippen LogP contribution in [0.2, 0.25) is 0 Å². The number of hydrogen-bond acceptors (Lipinski definition) is 4. The topological polar surface area (TPSA) is 87.7 Å². The Bertz CT molecular complexity index is 667. The number of benzene rings is 1. The number of alkyl carbamates (subject to hydrolysis) is 1. The van der Waals surface area contributed by atoms with Gasteiger partial charge in [-0.05, 0) is 40.2 Å². The maximum absolute atomic E-state index is 11.7. The van der Waals surface area contributed by atoms with Crippen molar-refractivity contribution in [1.29, 1.82) is 0 Å². The molecule has 1 aromatic rings. The summed E-state index contributed by atoms with van der Waals surface area (Å²) in [4.78, 5) is 23.0. The molecule has 6 heteroatoms. The molecule has 142 valence electrons. The van der Waals surface area contributed by atoms with Crippen molar-refractivity contribution in [2.75, 3.05) is 0 Å². The third-order valence-corrected chi connectivity index (χ3v) is 3.27. The zero-order valence-electron chi connectivity index (χ0n) is 16.1. The van der Waals surface area contributed by atoms with Crippen LogP contribution in [0.15, 0.2) is 30.3 Å². The number of nitrogens with one attached hydrogen (secondary N) is 2. The number of carbonyl (C=O) groups excluding carboxylic acids is 1. The highest BCUT2D eigenvalue weighted by atomic mass is 16.6. The molecule has 0 unspecified atom stereocenters. The van der Waals surface area contributed by atoms with Gasteiger partial charge in [-0.15, -0.1) is 0 Å². The van der Waals surface area contributed by atoms with Crippen LogP contribution in [0.5, 0.6) is 0 Å². The van der Waals surface area contributed by atoms with Crippen molar-refractivity contribution < 1.29 is 19.4 Å². The van der Waals surface area contributed by atoms with Gasteiger partial charge in [0.05, 0.1) is 5.54 Å². The minimum atomic E-state index is -1.15. The highest BCUT2D eigenvalue weighted by Crippen LogP contribution is 2.08. The van der Waals surface area contributed by atoms with Gasteiger partial charge in [-0.25, -0.2) is 9.59 Å². The third-order valence-electron chi connectivity index (χ3n) is 3.27. The first kappa shape index (κ1) is 21.5. The molecule has 1 rings (SSSR count). The van der Waals surface area contributed by atoms with Gasteiger partial charge in [-0.2, -0.15) is 0 Å². The van der Waals surface area contributed by atoms with E-state index in [0.29, 0.717) is 6.54 Å². The van der Waals surface area contributed by atoms with E-state index in [-0.39, 0.29) is 6.42 Å². The molecule has 26 heavy (non-hydrogen) atoms. The summed E-state index contributed by atoms with van der Waals surface area (Å²) in [7, 11) is 0. The summed E-state index contributed by atoms with van der Waals surface area (Å²) in [6.07, 6.45) is -0.779. The lowest BCUT2D eigenvalue weighted by Gasteiger charge is -2.21. The lowest BCUT2D eigenvalue weighted by atomic mass is 10.0. The van der Waals surface area contributed by atoms with Gasteiger partial charge in [0.15, 0.2) is 0 Å². The van der Waals surface area contributed by atoms with Gasteiger partial charge in [0.1, 0.15) is 11.6 Å². The molecule has 0 saturated carbocycles. The van der Waals surface area contributed by atoms with Gasteiger partial charge < -0.3 is 15.2 Å². The van der Waals surface area contributed by atoms with E-state index in [1.165, 1.54) is 0 Å². The summed E-state index contributed by atoms with van der Waals surface area (Å²) in [5.74, 6) is 4.71. The second-order valence-electron chi connectivity index (χ2n) is 7.51. The maximum atomic E-state index is 11.7. The molecular weight excluding hydrogens is 332 g/mol. The monoisotopic (exact) mass is 360 g/mol. The predicted molar refractivity (Wildman–Crippen MR) is 101 cm³/mol. The number of carboxylic acids is 1. The number of hydrogen-bond donors (Lipinski definition) is 3. The molecule has 0 heterocycles. The standard InChI is InChI=1S/C20H28N2O4/c1-19(2,3)26-18(25)22-16(17(23)24)12-9-13-20(4,5)21-14-15-10-7-6-8-11-15/h6-8,10-11,16,21H,12,14H2,1-5H3,(H,22,25)(H,23,24)/t16-/m0/s1. The Hall–Kier alpha value is -2.52. The first-order valence-electron chi connectivity index (χ1n) is 8.50. The van der Waals surface area contributed by atoms with E-state index >= 15 is 0 Å². The van der Waals surface area contributed by atoms with E-state index in [4.69, 9.17) is 4.74 Å². The van der Waals surface area contributed by atoms with E-state index in [9.17, 15) is 14.7 Å². The molecule has 0 saturated heterocycles. The summed E-state index contributed by atoms with van der Waals surface area (Å²) in [6, 6.07) is 8.80. The highest BCUT2D eigenvalue weighted by Gasteiger charge is 2.23. The summed E-state index contributed by atoms with van der Waals surface area (Å²) < 4.78 is 5.08. The summed E-state index contributed by atoms with van der Waals surface area (Å²) in [5, 5.41) is 14.9. The quantitative estimate of drug-likeness (QED) is 0.679. The largest absolute Gasteiger partial charge is 0.480 e. The molecular formula is C20H28N2O4. The van der Waals surface area contributed by atoms with E-state index < -0.39 is 29.2 Å². The summed E-state index contributed by atoms with van der Waals surface area (Å²) >= 11 is 0. The first-order valence-corrected chi connectivity index (χ1v) is 8.50. The number of carbonyl (C=O) groups is 2. The van der Waals surface area contributed by atoms with Crippen LogP contribution in [0, 0.1) is 11.8 Å². The normalized spacial score (nSPS) is 12.5. The fraction of sp³-hybridized carbons (Fsp3) is 0.500. The van der Waals surface area contributed by atoms with E-state index in [0.717, 1.165) is 5.56 Å². The van der Waals surface area contributed by atoms with Crippen LogP contribution < -0.4 is 10.6 Å². The molecule has 0 aliphatic heterocycles. The van der Waals surface area contributed by atoms with Crippen LogP contribution in [0.4, 0.5) is 4.79 Å². The molecule has 0 aromatic heterocycles. The van der Waals surface area contributed by atoms with Crippen molar-refractivity contribution in [2.45, 2.75) is 64.8 Å². The summed E-state index contributed by atoms with van der Waals surface area (Å²) in [5.41, 5.74) is -0.0511. The van der Waals surface area contributed by atoms with Crippen molar-refractivity contribution in [3.63, 3.8) is 0 Å². The highest BCUT2D eigenvalue weighted by molar-refractivity contribution is 5.80. The number of rotatable bonds is 6. The molecule has 6 nitrogen and oxygen atoms in total. The average molecular weight is 360 g/mol. The van der Waals surface area contributed by atoms with Crippen LogP contribution in [0.3, 0.4) is 0 Å². The van der Waals surface area contributed by atoms with Crippen molar-refractivity contribution in [2.24, 2.45) is 0 Å². The Labute approximate surface area is 155 Å². The Balaban J connectivity index is 2.59. The van der Waals surface area contributed by atoms with E-state index in [2.05, 4.69) is 22.5 Å². The van der Waals surface area contributed by atoms with Gasteiger partial charge in [0, 0.05) is 13.0 Å². The Kier molecular flexibility index (Phi) is 7.66. The smallest absolute Gasteiger partial charge is 0.408 e. The minimum Gasteiger partial charge on any atom is -0.480 e. The zero-order valence-corrected chi connectivity index (χ0v) is 16.1. The number of aliphatic carboxylic acids is 1. The van der Waals surface area contributed by atoms with Gasteiger partial charge in [0.2, 0.25) is 0 Å².